The molecule has 3 saturated carbocycles. The highest BCUT2D eigenvalue weighted by atomic mass is 35.5. The summed E-state index contributed by atoms with van der Waals surface area (Å²) in [6.45, 7) is 14.6. The zero-order valence-electron chi connectivity index (χ0n) is 25.1. The predicted octanol–water partition coefficient (Wildman–Crippen LogP) is 5.91. The Balaban J connectivity index is 0.00000142. The standard InChI is InChI=1S/C30H40ClNO6.C2H6/c1-27(2,3)28(4,34)18-10-19-24-29(14-32(24)12-16-6-7-16)11-17-8-9-20(37-26(33)36-15-31)23-21(17)30(19,13-29)25(38-23)22(18)35-5;1-2/h8-9,16,18-19,22,24-25,34H,6-7,10-15H2,1-5H3;1-2H3/t18?,19?,22?,24?,25-,28?,29?,30?;/m0./s1. The molecule has 8 atom stereocenters. The summed E-state index contributed by atoms with van der Waals surface area (Å²) in [5.74, 6) is 2.08. The lowest BCUT2D eigenvalue weighted by atomic mass is 9.53. The van der Waals surface area contributed by atoms with Crippen LogP contribution in [0.5, 0.6) is 11.5 Å². The molecular formula is C32H46ClNO6. The van der Waals surface area contributed by atoms with E-state index in [-0.39, 0.29) is 40.4 Å². The SMILES string of the molecule is CC.COC1C(C(C)(O)C(C)(C)C)CC2C3N(CC4CC4)CC34Cc3ccc(OC(=O)OCCl)c5c3C2(C4)[C@H]1O5. The highest BCUT2D eigenvalue weighted by molar-refractivity contribution is 6.17. The number of carbonyl (C=O) groups is 1. The fraction of sp³-hybridized carbons (Fsp3) is 0.781. The molecule has 4 aliphatic carbocycles. The first-order chi connectivity index (χ1) is 19.0. The lowest BCUT2D eigenvalue weighted by Crippen LogP contribution is -2.67. The fourth-order valence-corrected chi connectivity index (χ4v) is 9.50. The van der Waals surface area contributed by atoms with Gasteiger partial charge < -0.3 is 24.1 Å². The van der Waals surface area contributed by atoms with Crippen molar-refractivity contribution in [3.05, 3.63) is 23.3 Å². The Kier molecular flexibility index (Phi) is 6.78. The van der Waals surface area contributed by atoms with Crippen molar-refractivity contribution in [3.8, 4) is 11.5 Å². The van der Waals surface area contributed by atoms with Crippen LogP contribution in [0.15, 0.2) is 12.1 Å². The van der Waals surface area contributed by atoms with Crippen molar-refractivity contribution in [2.24, 2.45) is 28.6 Å². The van der Waals surface area contributed by atoms with Gasteiger partial charge in [-0.1, -0.05) is 52.3 Å². The Labute approximate surface area is 243 Å². The van der Waals surface area contributed by atoms with E-state index >= 15 is 0 Å². The van der Waals surface area contributed by atoms with Gasteiger partial charge in [0.05, 0.1) is 5.60 Å². The Morgan fingerprint density at radius 1 is 1.23 bits per heavy atom. The van der Waals surface area contributed by atoms with Crippen LogP contribution in [0, 0.1) is 28.6 Å². The Hall–Kier alpha value is -1.54. The topological polar surface area (TPSA) is 77.5 Å². The van der Waals surface area contributed by atoms with Crippen molar-refractivity contribution in [1.82, 2.24) is 4.90 Å². The molecule has 6 aliphatic rings. The van der Waals surface area contributed by atoms with Gasteiger partial charge in [0.15, 0.2) is 17.6 Å². The number of rotatable bonds is 6. The smallest absolute Gasteiger partial charge is 0.483 e. The van der Waals surface area contributed by atoms with Gasteiger partial charge in [0.1, 0.15) is 12.2 Å². The van der Waals surface area contributed by atoms with E-state index in [4.69, 9.17) is 30.5 Å². The molecule has 2 heterocycles. The summed E-state index contributed by atoms with van der Waals surface area (Å²) in [6, 6.07) is 4.16. The second kappa shape index (κ2) is 9.48. The number of nitrogens with zero attached hydrogens (tertiary/aromatic N) is 1. The third kappa shape index (κ3) is 3.76. The van der Waals surface area contributed by atoms with Crippen molar-refractivity contribution in [3.63, 3.8) is 0 Å². The number of methoxy groups -OCH3 is 1. The summed E-state index contributed by atoms with van der Waals surface area (Å²) in [5, 5.41) is 12.1. The summed E-state index contributed by atoms with van der Waals surface area (Å²) >= 11 is 5.61. The molecule has 2 bridgehead atoms. The normalized spacial score (nSPS) is 38.1. The van der Waals surface area contributed by atoms with Gasteiger partial charge in [-0.2, -0.15) is 0 Å². The molecule has 7 rings (SSSR count). The van der Waals surface area contributed by atoms with Crippen LogP contribution in [-0.4, -0.2) is 66.3 Å². The maximum atomic E-state index is 12.3. The molecule has 4 fully saturated rings. The van der Waals surface area contributed by atoms with Crippen molar-refractivity contribution in [1.29, 1.82) is 0 Å². The van der Waals surface area contributed by atoms with Crippen LogP contribution in [0.1, 0.15) is 78.4 Å². The van der Waals surface area contributed by atoms with Gasteiger partial charge in [0.25, 0.3) is 0 Å². The lowest BCUT2D eigenvalue weighted by molar-refractivity contribution is -0.191. The highest BCUT2D eigenvalue weighted by Crippen LogP contribution is 2.75. The average Bonchev–Trinajstić information content (AvgIpc) is 3.61. The minimum atomic E-state index is -0.964. The number of likely N-dealkylation sites (tertiary alicyclic amines) is 1. The number of hydrogen-bond donors (Lipinski definition) is 1. The molecule has 1 aromatic rings. The van der Waals surface area contributed by atoms with Crippen LogP contribution in [0.25, 0.3) is 0 Å². The van der Waals surface area contributed by atoms with E-state index < -0.39 is 11.8 Å². The molecule has 1 saturated heterocycles. The Morgan fingerprint density at radius 3 is 2.58 bits per heavy atom. The van der Waals surface area contributed by atoms with Crippen molar-refractivity contribution in [2.45, 2.75) is 103 Å². The number of alkyl halides is 1. The van der Waals surface area contributed by atoms with Crippen LogP contribution in [0.4, 0.5) is 4.79 Å². The number of hydrogen-bond acceptors (Lipinski definition) is 7. The van der Waals surface area contributed by atoms with E-state index in [1.807, 2.05) is 26.8 Å². The molecule has 2 spiro atoms. The molecule has 8 heteroatoms. The van der Waals surface area contributed by atoms with Gasteiger partial charge in [-0.25, -0.2) is 4.79 Å². The monoisotopic (exact) mass is 575 g/mol. The van der Waals surface area contributed by atoms with E-state index in [0.29, 0.717) is 23.5 Å². The van der Waals surface area contributed by atoms with Crippen LogP contribution in [0.3, 0.4) is 0 Å². The third-order valence-electron chi connectivity index (χ3n) is 11.5. The Morgan fingerprint density at radius 2 is 1.95 bits per heavy atom. The lowest BCUT2D eigenvalue weighted by Gasteiger charge is -2.58. The Bertz CT molecular complexity index is 1180. The molecule has 2 aliphatic heterocycles. The van der Waals surface area contributed by atoms with Crippen LogP contribution >= 0.6 is 11.6 Å². The number of carbonyl (C=O) groups excluding carboxylic acids is 1. The maximum Gasteiger partial charge on any atom is 0.515 e. The second-order valence-electron chi connectivity index (χ2n) is 14.2. The first-order valence-corrected chi connectivity index (χ1v) is 15.7. The summed E-state index contributed by atoms with van der Waals surface area (Å²) in [4.78, 5) is 15.0. The zero-order chi connectivity index (χ0) is 28.8. The number of benzene rings is 1. The number of fused-ring (bicyclic) bond motifs is 1. The molecule has 0 amide bonds. The van der Waals surface area contributed by atoms with Crippen LogP contribution in [-0.2, 0) is 21.3 Å². The first-order valence-electron chi connectivity index (χ1n) is 15.2. The van der Waals surface area contributed by atoms with E-state index in [0.717, 1.165) is 31.7 Å². The summed E-state index contributed by atoms with van der Waals surface area (Å²) in [5.41, 5.74) is 1.19. The molecular weight excluding hydrogens is 530 g/mol. The molecule has 7 nitrogen and oxygen atoms in total. The highest BCUT2D eigenvalue weighted by Gasteiger charge is 2.79. The third-order valence-corrected chi connectivity index (χ3v) is 11.6. The molecule has 0 aromatic heterocycles. The maximum absolute atomic E-state index is 12.3. The summed E-state index contributed by atoms with van der Waals surface area (Å²) < 4.78 is 23.7. The van der Waals surface area contributed by atoms with Crippen LogP contribution in [0.2, 0.25) is 0 Å². The minimum absolute atomic E-state index is 0.101. The van der Waals surface area contributed by atoms with Gasteiger partial charge in [-0.15, -0.1) is 0 Å². The van der Waals surface area contributed by atoms with Gasteiger partial charge in [0.2, 0.25) is 0 Å². The van der Waals surface area contributed by atoms with Gasteiger partial charge in [0, 0.05) is 48.6 Å². The largest absolute Gasteiger partial charge is 0.515 e. The predicted molar refractivity (Wildman–Crippen MR) is 153 cm³/mol. The van der Waals surface area contributed by atoms with Gasteiger partial charge in [-0.3, -0.25) is 4.90 Å². The van der Waals surface area contributed by atoms with Crippen molar-refractivity contribution in [2.75, 3.05) is 26.3 Å². The quantitative estimate of drug-likeness (QED) is 0.256. The van der Waals surface area contributed by atoms with Gasteiger partial charge in [-0.05, 0) is 67.9 Å². The summed E-state index contributed by atoms with van der Waals surface area (Å²) in [7, 11) is 1.75. The average molecular weight is 576 g/mol. The van der Waals surface area contributed by atoms with Gasteiger partial charge >= 0.3 is 6.16 Å². The number of halogens is 1. The second-order valence-corrected chi connectivity index (χ2v) is 14.4. The van der Waals surface area contributed by atoms with E-state index in [2.05, 4.69) is 31.7 Å². The van der Waals surface area contributed by atoms with Crippen LogP contribution < -0.4 is 9.47 Å². The fourth-order valence-electron chi connectivity index (χ4n) is 9.42. The molecule has 7 unspecified atom stereocenters. The number of aliphatic hydroxyl groups is 1. The summed E-state index contributed by atoms with van der Waals surface area (Å²) in [6.07, 6.45) is 4.24. The molecule has 222 valence electrons. The number of ether oxygens (including phenoxy) is 4. The van der Waals surface area contributed by atoms with E-state index in [9.17, 15) is 9.90 Å². The molecule has 1 aromatic carbocycles. The zero-order valence-corrected chi connectivity index (χ0v) is 25.8. The molecule has 40 heavy (non-hydrogen) atoms. The van der Waals surface area contributed by atoms with E-state index in [1.54, 1.807) is 7.11 Å². The van der Waals surface area contributed by atoms with Crippen molar-refractivity contribution >= 4 is 17.8 Å². The van der Waals surface area contributed by atoms with Crippen molar-refractivity contribution < 1.29 is 28.8 Å². The minimum Gasteiger partial charge on any atom is -0.483 e. The molecule has 1 N–H and O–H groups in total. The first kappa shape index (κ1) is 28.6. The van der Waals surface area contributed by atoms with E-state index in [1.165, 1.54) is 30.5 Å². The molecule has 0 radical (unpaired) electrons.